The van der Waals surface area contributed by atoms with E-state index in [4.69, 9.17) is 12.2 Å². The summed E-state index contributed by atoms with van der Waals surface area (Å²) in [5.74, 6) is 0.119. The van der Waals surface area contributed by atoms with Crippen LogP contribution in [0.4, 0.5) is 4.39 Å². The van der Waals surface area contributed by atoms with Crippen molar-refractivity contribution in [2.45, 2.75) is 10.9 Å². The van der Waals surface area contributed by atoms with Crippen molar-refractivity contribution in [2.24, 2.45) is 7.05 Å². The number of thioether (sulfide) groups is 1. The van der Waals surface area contributed by atoms with E-state index < -0.39 is 0 Å². The molecule has 0 radical (unpaired) electrons. The summed E-state index contributed by atoms with van der Waals surface area (Å²) in [5.41, 5.74) is 1.82. The van der Waals surface area contributed by atoms with Gasteiger partial charge in [-0.25, -0.2) is 9.37 Å². The molecule has 0 saturated carbocycles. The van der Waals surface area contributed by atoms with Gasteiger partial charge in [0.05, 0.1) is 0 Å². The fourth-order valence-corrected chi connectivity index (χ4v) is 5.00. The first-order chi connectivity index (χ1) is 13.1. The first-order valence-corrected chi connectivity index (χ1v) is 10.3. The normalized spacial score (nSPS) is 11.2. The second-order valence-electron chi connectivity index (χ2n) is 5.83. The Hall–Kier alpha value is -2.29. The van der Waals surface area contributed by atoms with Crippen LogP contribution in [0.1, 0.15) is 5.56 Å². The number of benzene rings is 2. The Morgan fingerprint density at radius 3 is 2.59 bits per heavy atom. The largest absolute Gasteiger partial charge is 0.289 e. The van der Waals surface area contributed by atoms with E-state index in [9.17, 15) is 9.18 Å². The Morgan fingerprint density at radius 2 is 1.85 bits per heavy atom. The van der Waals surface area contributed by atoms with Gasteiger partial charge in [0.25, 0.3) is 5.56 Å². The minimum absolute atomic E-state index is 0.151. The molecule has 0 spiro atoms. The lowest BCUT2D eigenvalue weighted by Gasteiger charge is -2.09. The number of rotatable bonds is 4. The Morgan fingerprint density at radius 1 is 1.15 bits per heavy atom. The van der Waals surface area contributed by atoms with Gasteiger partial charge in [-0.3, -0.25) is 13.9 Å². The number of hydrogen-bond acceptors (Lipinski definition) is 5. The number of halogens is 1. The van der Waals surface area contributed by atoms with Crippen molar-refractivity contribution in [3.8, 4) is 5.69 Å². The summed E-state index contributed by atoms with van der Waals surface area (Å²) in [6.07, 6.45) is 0. The van der Waals surface area contributed by atoms with Gasteiger partial charge in [-0.1, -0.05) is 59.5 Å². The molecule has 136 valence electrons. The molecule has 0 aliphatic carbocycles. The fraction of sp³-hybridized carbons (Fsp3) is 0.105. The Bertz CT molecular complexity index is 1240. The van der Waals surface area contributed by atoms with Crippen LogP contribution in [-0.4, -0.2) is 14.1 Å². The van der Waals surface area contributed by atoms with E-state index in [0.717, 1.165) is 5.69 Å². The van der Waals surface area contributed by atoms with Crippen molar-refractivity contribution in [3.05, 3.63) is 80.3 Å². The van der Waals surface area contributed by atoms with Crippen molar-refractivity contribution in [3.63, 3.8) is 0 Å². The maximum atomic E-state index is 13.9. The summed E-state index contributed by atoms with van der Waals surface area (Å²) in [6, 6.07) is 16.2. The highest BCUT2D eigenvalue weighted by molar-refractivity contribution is 7.98. The quantitative estimate of drug-likeness (QED) is 0.269. The van der Waals surface area contributed by atoms with Crippen molar-refractivity contribution in [1.82, 2.24) is 14.1 Å². The summed E-state index contributed by atoms with van der Waals surface area (Å²) in [5, 5.41) is 0.522. The van der Waals surface area contributed by atoms with Crippen molar-refractivity contribution in [2.75, 3.05) is 0 Å². The second kappa shape index (κ2) is 7.38. The highest BCUT2D eigenvalue weighted by atomic mass is 32.2. The van der Waals surface area contributed by atoms with Crippen LogP contribution in [0, 0.1) is 9.77 Å². The predicted molar refractivity (Wildman–Crippen MR) is 111 cm³/mol. The fourth-order valence-electron chi connectivity index (χ4n) is 2.70. The number of nitrogens with zero attached hydrogens (tertiary/aromatic N) is 3. The van der Waals surface area contributed by atoms with Gasteiger partial charge in [0.2, 0.25) is 0 Å². The lowest BCUT2D eigenvalue weighted by atomic mass is 10.2. The maximum Gasteiger partial charge on any atom is 0.273 e. The van der Waals surface area contributed by atoms with E-state index in [1.165, 1.54) is 33.7 Å². The lowest BCUT2D eigenvalue weighted by molar-refractivity contribution is 0.617. The Balaban J connectivity index is 1.83. The standard InChI is InChI=1S/C19H14FN3OS3/c1-22-17(24)15-16(23(19(25)27-15)13-8-3-2-4-9-13)21-18(22)26-11-12-7-5-6-10-14(12)20/h2-10H,11H2,1H3. The molecule has 4 aromatic rings. The zero-order chi connectivity index (χ0) is 19.0. The lowest BCUT2D eigenvalue weighted by Crippen LogP contribution is -2.19. The third kappa shape index (κ3) is 3.36. The smallest absolute Gasteiger partial charge is 0.273 e. The van der Waals surface area contributed by atoms with Gasteiger partial charge >= 0.3 is 0 Å². The van der Waals surface area contributed by atoms with Gasteiger partial charge in [0, 0.05) is 18.5 Å². The molecule has 0 bridgehead atoms. The summed E-state index contributed by atoms with van der Waals surface area (Å²) < 4.78 is 18.3. The summed E-state index contributed by atoms with van der Waals surface area (Å²) in [6.45, 7) is 0. The molecule has 4 rings (SSSR count). The molecule has 0 atom stereocenters. The van der Waals surface area contributed by atoms with Gasteiger partial charge in [0.1, 0.15) is 10.5 Å². The van der Waals surface area contributed by atoms with Crippen LogP contribution in [0.5, 0.6) is 0 Å². The highest BCUT2D eigenvalue weighted by Gasteiger charge is 2.16. The number of thiazole rings is 1. The third-order valence-corrected chi connectivity index (χ3v) is 6.53. The van der Waals surface area contributed by atoms with Crippen molar-refractivity contribution < 1.29 is 4.39 Å². The van der Waals surface area contributed by atoms with E-state index in [1.54, 1.807) is 25.2 Å². The molecule has 27 heavy (non-hydrogen) atoms. The van der Waals surface area contributed by atoms with E-state index in [2.05, 4.69) is 4.98 Å². The molecule has 4 nitrogen and oxygen atoms in total. The highest BCUT2D eigenvalue weighted by Crippen LogP contribution is 2.27. The summed E-state index contributed by atoms with van der Waals surface area (Å²) in [4.78, 5) is 17.5. The van der Waals surface area contributed by atoms with Crippen LogP contribution in [0.25, 0.3) is 16.0 Å². The molecule has 0 aliphatic heterocycles. The topological polar surface area (TPSA) is 39.8 Å². The monoisotopic (exact) mass is 415 g/mol. The molecular formula is C19H14FN3OS3. The zero-order valence-corrected chi connectivity index (χ0v) is 16.7. The second-order valence-corrected chi connectivity index (χ2v) is 8.42. The van der Waals surface area contributed by atoms with Crippen LogP contribution in [0.15, 0.2) is 64.5 Å². The van der Waals surface area contributed by atoms with Gasteiger partial charge in [-0.05, 0) is 36.0 Å². The molecular weight excluding hydrogens is 401 g/mol. The van der Waals surface area contributed by atoms with Crippen LogP contribution in [-0.2, 0) is 12.8 Å². The minimum Gasteiger partial charge on any atom is -0.289 e. The number of aromatic nitrogens is 3. The van der Waals surface area contributed by atoms with E-state index in [0.29, 0.717) is 30.8 Å². The molecule has 0 saturated heterocycles. The molecule has 0 fully saturated rings. The molecule has 0 amide bonds. The molecule has 0 aliphatic rings. The maximum absolute atomic E-state index is 13.9. The zero-order valence-electron chi connectivity index (χ0n) is 14.3. The van der Waals surface area contributed by atoms with Gasteiger partial charge in [-0.2, -0.15) is 0 Å². The van der Waals surface area contributed by atoms with Crippen LogP contribution in [0.3, 0.4) is 0 Å². The first-order valence-electron chi connectivity index (χ1n) is 8.10. The molecule has 0 unspecified atom stereocenters. The number of hydrogen-bond donors (Lipinski definition) is 0. The average Bonchev–Trinajstić information content (AvgIpc) is 3.01. The van der Waals surface area contributed by atoms with Crippen LogP contribution >= 0.6 is 35.3 Å². The van der Waals surface area contributed by atoms with Crippen LogP contribution < -0.4 is 5.56 Å². The van der Waals surface area contributed by atoms with Crippen molar-refractivity contribution in [1.29, 1.82) is 0 Å². The van der Waals surface area contributed by atoms with E-state index in [1.807, 2.05) is 34.9 Å². The number of fused-ring (bicyclic) bond motifs is 1. The molecule has 0 N–H and O–H groups in total. The number of para-hydroxylation sites is 1. The third-order valence-electron chi connectivity index (χ3n) is 4.10. The van der Waals surface area contributed by atoms with Crippen LogP contribution in [0.2, 0.25) is 0 Å². The first kappa shape index (κ1) is 18.1. The summed E-state index contributed by atoms with van der Waals surface area (Å²) >= 11 is 8.05. The van der Waals surface area contributed by atoms with Gasteiger partial charge < -0.3 is 0 Å². The van der Waals surface area contributed by atoms with E-state index in [-0.39, 0.29) is 11.4 Å². The van der Waals surface area contributed by atoms with Gasteiger partial charge in [-0.15, -0.1) is 0 Å². The molecule has 2 aromatic carbocycles. The Kier molecular flexibility index (Phi) is 4.94. The average molecular weight is 416 g/mol. The minimum atomic E-state index is -0.265. The van der Waals surface area contributed by atoms with Crippen molar-refractivity contribution >= 4 is 45.7 Å². The van der Waals surface area contributed by atoms with Gasteiger partial charge in [0.15, 0.2) is 14.8 Å². The van der Waals surface area contributed by atoms with E-state index >= 15 is 0 Å². The summed E-state index contributed by atoms with van der Waals surface area (Å²) in [7, 11) is 1.67. The SMILES string of the molecule is Cn1c(SCc2ccccc2F)nc2c(sc(=S)n2-c2ccccc2)c1=O. The predicted octanol–water partition coefficient (Wildman–Crippen LogP) is 4.95. The Labute approximate surface area is 167 Å². The molecule has 2 aromatic heterocycles. The molecule has 2 heterocycles. The molecule has 8 heteroatoms.